The molecule has 18 heavy (non-hydrogen) atoms. The summed E-state index contributed by atoms with van der Waals surface area (Å²) < 4.78 is 11.0. The van der Waals surface area contributed by atoms with Crippen molar-refractivity contribution in [3.63, 3.8) is 0 Å². The monoisotopic (exact) mass is 249 g/mol. The Labute approximate surface area is 109 Å². The van der Waals surface area contributed by atoms with Gasteiger partial charge in [0, 0.05) is 24.1 Å². The molecule has 1 aromatic carbocycles. The molecule has 2 unspecified atom stereocenters. The number of nitrogens with one attached hydrogen (secondary N) is 1. The smallest absolute Gasteiger partial charge is 0.123 e. The highest BCUT2D eigenvalue weighted by Crippen LogP contribution is 2.34. The third-order valence-electron chi connectivity index (χ3n) is 3.58. The molecule has 0 amide bonds. The van der Waals surface area contributed by atoms with E-state index in [-0.39, 0.29) is 0 Å². The lowest BCUT2D eigenvalue weighted by molar-refractivity contribution is 0.176. The Hall–Kier alpha value is -1.06. The van der Waals surface area contributed by atoms with E-state index in [4.69, 9.17) is 9.47 Å². The molecule has 1 N–H and O–H groups in total. The number of hydrogen-bond donors (Lipinski definition) is 1. The quantitative estimate of drug-likeness (QED) is 0.870. The van der Waals surface area contributed by atoms with Crippen molar-refractivity contribution in [1.29, 1.82) is 0 Å². The Balaban J connectivity index is 2.31. The highest BCUT2D eigenvalue weighted by molar-refractivity contribution is 5.39. The van der Waals surface area contributed by atoms with E-state index in [0.717, 1.165) is 31.9 Å². The van der Waals surface area contributed by atoms with E-state index in [1.165, 1.54) is 11.1 Å². The summed E-state index contributed by atoms with van der Waals surface area (Å²) >= 11 is 0. The van der Waals surface area contributed by atoms with Crippen molar-refractivity contribution < 1.29 is 9.47 Å². The number of aryl methyl sites for hydroxylation is 1. The molecule has 1 saturated heterocycles. The largest absolute Gasteiger partial charge is 0.496 e. The summed E-state index contributed by atoms with van der Waals surface area (Å²) in [6.45, 7) is 6.94. The van der Waals surface area contributed by atoms with Crippen LogP contribution in [0.4, 0.5) is 0 Å². The van der Waals surface area contributed by atoms with Gasteiger partial charge in [-0.2, -0.15) is 0 Å². The van der Waals surface area contributed by atoms with Crippen molar-refractivity contribution in [3.05, 3.63) is 29.3 Å². The van der Waals surface area contributed by atoms with Gasteiger partial charge in [-0.05, 0) is 26.0 Å². The predicted molar refractivity (Wildman–Crippen MR) is 73.1 cm³/mol. The maximum Gasteiger partial charge on any atom is 0.123 e. The highest BCUT2D eigenvalue weighted by atomic mass is 16.5. The minimum absolute atomic E-state index is 0.326. The van der Waals surface area contributed by atoms with Gasteiger partial charge in [0.1, 0.15) is 5.75 Å². The molecule has 0 saturated carbocycles. The lowest BCUT2D eigenvalue weighted by Gasteiger charge is -2.25. The summed E-state index contributed by atoms with van der Waals surface area (Å²) in [7, 11) is 1.74. The van der Waals surface area contributed by atoms with Crippen molar-refractivity contribution in [3.8, 4) is 5.75 Å². The molecule has 0 aliphatic carbocycles. The molecule has 1 aromatic rings. The molecular weight excluding hydrogens is 226 g/mol. The molecule has 2 atom stereocenters. The zero-order chi connectivity index (χ0) is 13.0. The lowest BCUT2D eigenvalue weighted by atomic mass is 9.90. The average molecular weight is 249 g/mol. The molecule has 1 fully saturated rings. The van der Waals surface area contributed by atoms with Gasteiger partial charge in [0.25, 0.3) is 0 Å². The first kappa shape index (κ1) is 13.4. The first-order chi connectivity index (χ1) is 8.76. The van der Waals surface area contributed by atoms with Crippen molar-refractivity contribution in [2.75, 3.05) is 26.9 Å². The minimum atomic E-state index is 0.326. The number of ether oxygens (including phenoxy) is 2. The molecule has 3 nitrogen and oxygen atoms in total. The Morgan fingerprint density at radius 3 is 2.94 bits per heavy atom. The topological polar surface area (TPSA) is 30.5 Å². The van der Waals surface area contributed by atoms with E-state index in [1.807, 2.05) is 0 Å². The number of benzene rings is 1. The summed E-state index contributed by atoms with van der Waals surface area (Å²) in [6, 6.07) is 6.71. The second kappa shape index (κ2) is 6.21. The van der Waals surface area contributed by atoms with Gasteiger partial charge in [-0.25, -0.2) is 0 Å². The normalized spacial score (nSPS) is 20.9. The Morgan fingerprint density at radius 2 is 2.33 bits per heavy atom. The van der Waals surface area contributed by atoms with Crippen molar-refractivity contribution in [2.24, 2.45) is 5.92 Å². The second-order valence-electron chi connectivity index (χ2n) is 4.90. The Morgan fingerprint density at radius 1 is 1.50 bits per heavy atom. The SMILES string of the molecule is CCNC(c1cc(C)ccc1OC)C1CCOC1. The second-order valence-corrected chi connectivity index (χ2v) is 4.90. The molecule has 0 bridgehead atoms. The van der Waals surface area contributed by atoms with Gasteiger partial charge in [-0.15, -0.1) is 0 Å². The van der Waals surface area contributed by atoms with Crippen LogP contribution in [-0.2, 0) is 4.74 Å². The van der Waals surface area contributed by atoms with Gasteiger partial charge >= 0.3 is 0 Å². The molecule has 1 aliphatic heterocycles. The molecule has 0 spiro atoms. The minimum Gasteiger partial charge on any atom is -0.496 e. The van der Waals surface area contributed by atoms with Gasteiger partial charge in [0.2, 0.25) is 0 Å². The standard InChI is InChI=1S/C15H23NO2/c1-4-16-15(12-7-8-18-10-12)13-9-11(2)5-6-14(13)17-3/h5-6,9,12,15-16H,4,7-8,10H2,1-3H3. The van der Waals surface area contributed by atoms with Crippen LogP contribution in [-0.4, -0.2) is 26.9 Å². The van der Waals surface area contributed by atoms with Gasteiger partial charge in [0.05, 0.1) is 13.7 Å². The van der Waals surface area contributed by atoms with Crippen LogP contribution >= 0.6 is 0 Å². The highest BCUT2D eigenvalue weighted by Gasteiger charge is 2.28. The van der Waals surface area contributed by atoms with Gasteiger partial charge in [-0.1, -0.05) is 24.6 Å². The summed E-state index contributed by atoms with van der Waals surface area (Å²) in [5, 5.41) is 3.58. The molecule has 100 valence electrons. The fourth-order valence-corrected chi connectivity index (χ4v) is 2.66. The molecule has 1 heterocycles. The molecule has 0 aromatic heterocycles. The van der Waals surface area contributed by atoms with Crippen LogP contribution < -0.4 is 10.1 Å². The Kier molecular flexibility index (Phi) is 4.61. The zero-order valence-corrected chi connectivity index (χ0v) is 11.5. The molecular formula is C15H23NO2. The molecule has 2 rings (SSSR count). The summed E-state index contributed by atoms with van der Waals surface area (Å²) in [5.41, 5.74) is 2.53. The molecule has 1 aliphatic rings. The van der Waals surface area contributed by atoms with E-state index in [0.29, 0.717) is 12.0 Å². The maximum atomic E-state index is 5.53. The van der Waals surface area contributed by atoms with E-state index in [2.05, 4.69) is 37.4 Å². The molecule has 0 radical (unpaired) electrons. The van der Waals surface area contributed by atoms with Crippen LogP contribution in [0.25, 0.3) is 0 Å². The summed E-state index contributed by atoms with van der Waals surface area (Å²) in [6.07, 6.45) is 1.12. The van der Waals surface area contributed by atoms with Crippen LogP contribution in [0.5, 0.6) is 5.75 Å². The van der Waals surface area contributed by atoms with Crippen molar-refractivity contribution in [1.82, 2.24) is 5.32 Å². The fraction of sp³-hybridized carbons (Fsp3) is 0.600. The van der Waals surface area contributed by atoms with E-state index in [9.17, 15) is 0 Å². The van der Waals surface area contributed by atoms with Crippen LogP contribution in [0.15, 0.2) is 18.2 Å². The van der Waals surface area contributed by atoms with Crippen LogP contribution in [0.1, 0.15) is 30.5 Å². The lowest BCUT2D eigenvalue weighted by Crippen LogP contribution is -2.29. The van der Waals surface area contributed by atoms with Gasteiger partial charge in [-0.3, -0.25) is 0 Å². The van der Waals surface area contributed by atoms with E-state index < -0.39 is 0 Å². The van der Waals surface area contributed by atoms with Crippen LogP contribution in [0.3, 0.4) is 0 Å². The zero-order valence-electron chi connectivity index (χ0n) is 11.5. The summed E-state index contributed by atoms with van der Waals surface area (Å²) in [4.78, 5) is 0. The van der Waals surface area contributed by atoms with Crippen molar-refractivity contribution >= 4 is 0 Å². The third-order valence-corrected chi connectivity index (χ3v) is 3.58. The summed E-state index contributed by atoms with van der Waals surface area (Å²) in [5.74, 6) is 1.51. The van der Waals surface area contributed by atoms with E-state index in [1.54, 1.807) is 7.11 Å². The van der Waals surface area contributed by atoms with E-state index >= 15 is 0 Å². The third kappa shape index (κ3) is 2.85. The van der Waals surface area contributed by atoms with Crippen molar-refractivity contribution in [2.45, 2.75) is 26.3 Å². The molecule has 3 heteroatoms. The first-order valence-electron chi connectivity index (χ1n) is 6.72. The number of rotatable bonds is 5. The van der Waals surface area contributed by atoms with Gasteiger partial charge < -0.3 is 14.8 Å². The fourth-order valence-electron chi connectivity index (χ4n) is 2.66. The van der Waals surface area contributed by atoms with Crippen LogP contribution in [0.2, 0.25) is 0 Å². The predicted octanol–water partition coefficient (Wildman–Crippen LogP) is 2.69. The average Bonchev–Trinajstić information content (AvgIpc) is 2.89. The number of hydrogen-bond acceptors (Lipinski definition) is 3. The Bertz CT molecular complexity index is 386. The van der Waals surface area contributed by atoms with Gasteiger partial charge in [0.15, 0.2) is 0 Å². The van der Waals surface area contributed by atoms with Crippen LogP contribution in [0, 0.1) is 12.8 Å². The first-order valence-corrected chi connectivity index (χ1v) is 6.72. The number of methoxy groups -OCH3 is 1. The maximum absolute atomic E-state index is 5.53.